The SMILES string of the molecule is N#Cc1c2c(c(-c3cccc(Cl)c3)[nH]c1=O)CCC2. The summed E-state index contributed by atoms with van der Waals surface area (Å²) in [7, 11) is 0. The number of H-pyrrole nitrogens is 1. The van der Waals surface area contributed by atoms with E-state index in [1.165, 1.54) is 0 Å². The number of halogens is 1. The third-order valence-electron chi connectivity index (χ3n) is 3.51. The van der Waals surface area contributed by atoms with Crippen molar-refractivity contribution in [2.24, 2.45) is 0 Å². The molecule has 3 rings (SSSR count). The van der Waals surface area contributed by atoms with Crippen LogP contribution in [0.3, 0.4) is 0 Å². The Kier molecular flexibility index (Phi) is 2.88. The third kappa shape index (κ3) is 1.94. The molecule has 0 saturated carbocycles. The van der Waals surface area contributed by atoms with Crippen molar-refractivity contribution < 1.29 is 0 Å². The fourth-order valence-corrected chi connectivity index (χ4v) is 2.88. The Labute approximate surface area is 115 Å². The van der Waals surface area contributed by atoms with Crippen LogP contribution in [0, 0.1) is 11.3 Å². The first-order valence-corrected chi connectivity index (χ1v) is 6.52. The molecule has 0 unspecified atom stereocenters. The van der Waals surface area contributed by atoms with Crippen LogP contribution in [0.25, 0.3) is 11.3 Å². The first-order valence-electron chi connectivity index (χ1n) is 6.15. The smallest absolute Gasteiger partial charge is 0.266 e. The van der Waals surface area contributed by atoms with Gasteiger partial charge in [0.15, 0.2) is 0 Å². The van der Waals surface area contributed by atoms with Crippen LogP contribution in [0.2, 0.25) is 5.02 Å². The van der Waals surface area contributed by atoms with Gasteiger partial charge in [-0.1, -0.05) is 23.7 Å². The summed E-state index contributed by atoms with van der Waals surface area (Å²) in [5.41, 5.74) is 3.64. The standard InChI is InChI=1S/C15H11ClN2O/c16-10-4-1-3-9(7-10)14-12-6-2-5-11(12)13(8-17)15(19)18-14/h1,3-4,7H,2,5-6H2,(H,18,19). The van der Waals surface area contributed by atoms with Gasteiger partial charge in [-0.3, -0.25) is 4.79 Å². The van der Waals surface area contributed by atoms with Crippen molar-refractivity contribution in [3.8, 4) is 17.3 Å². The van der Waals surface area contributed by atoms with Crippen LogP contribution in [0.5, 0.6) is 0 Å². The van der Waals surface area contributed by atoms with Gasteiger partial charge in [-0.15, -0.1) is 0 Å². The first-order chi connectivity index (χ1) is 9.20. The average molecular weight is 271 g/mol. The Bertz CT molecular complexity index is 756. The molecule has 1 aliphatic rings. The molecule has 2 aromatic rings. The summed E-state index contributed by atoms with van der Waals surface area (Å²) in [6.45, 7) is 0. The van der Waals surface area contributed by atoms with E-state index in [1.54, 1.807) is 6.07 Å². The van der Waals surface area contributed by atoms with E-state index < -0.39 is 0 Å². The topological polar surface area (TPSA) is 56.6 Å². The maximum atomic E-state index is 12.0. The van der Waals surface area contributed by atoms with E-state index in [0.717, 1.165) is 41.6 Å². The van der Waals surface area contributed by atoms with Gasteiger partial charge in [0.25, 0.3) is 5.56 Å². The fraction of sp³-hybridized carbons (Fsp3) is 0.200. The minimum absolute atomic E-state index is 0.262. The maximum absolute atomic E-state index is 12.0. The number of rotatable bonds is 1. The molecule has 4 heteroatoms. The molecule has 0 atom stereocenters. The molecular weight excluding hydrogens is 260 g/mol. The lowest BCUT2D eigenvalue weighted by atomic mass is 10.00. The van der Waals surface area contributed by atoms with Gasteiger partial charge in [-0.2, -0.15) is 5.26 Å². The van der Waals surface area contributed by atoms with E-state index in [0.29, 0.717) is 5.02 Å². The number of nitriles is 1. The first kappa shape index (κ1) is 12.0. The number of aromatic amines is 1. The molecule has 19 heavy (non-hydrogen) atoms. The fourth-order valence-electron chi connectivity index (χ4n) is 2.69. The second kappa shape index (κ2) is 4.56. The predicted octanol–water partition coefficient (Wildman–Crippen LogP) is 3.06. The summed E-state index contributed by atoms with van der Waals surface area (Å²) in [6.07, 6.45) is 2.67. The molecule has 0 aliphatic heterocycles. The van der Waals surface area contributed by atoms with Crippen molar-refractivity contribution in [3.63, 3.8) is 0 Å². The normalized spacial score (nSPS) is 13.1. The molecule has 0 radical (unpaired) electrons. The summed E-state index contributed by atoms with van der Waals surface area (Å²) >= 11 is 6.00. The Morgan fingerprint density at radius 2 is 2.05 bits per heavy atom. The summed E-state index contributed by atoms with van der Waals surface area (Å²) in [5, 5.41) is 9.73. The molecular formula is C15H11ClN2O. The van der Waals surface area contributed by atoms with Gasteiger partial charge in [0.2, 0.25) is 0 Å². The van der Waals surface area contributed by atoms with Gasteiger partial charge in [0.1, 0.15) is 11.6 Å². The zero-order valence-electron chi connectivity index (χ0n) is 10.2. The van der Waals surface area contributed by atoms with Crippen molar-refractivity contribution >= 4 is 11.6 Å². The Morgan fingerprint density at radius 3 is 2.79 bits per heavy atom. The van der Waals surface area contributed by atoms with Crippen LogP contribution >= 0.6 is 11.6 Å². The molecule has 0 saturated heterocycles. The molecule has 1 heterocycles. The van der Waals surface area contributed by atoms with Crippen molar-refractivity contribution in [1.29, 1.82) is 5.26 Å². The average Bonchev–Trinajstić information content (AvgIpc) is 2.87. The Morgan fingerprint density at radius 1 is 1.26 bits per heavy atom. The third-order valence-corrected chi connectivity index (χ3v) is 3.75. The Balaban J connectivity index is 2.30. The second-order valence-corrected chi connectivity index (χ2v) is 5.07. The number of nitrogens with one attached hydrogen (secondary N) is 1. The molecule has 1 N–H and O–H groups in total. The van der Waals surface area contributed by atoms with Crippen LogP contribution in [-0.2, 0) is 12.8 Å². The Hall–Kier alpha value is -2.05. The number of benzene rings is 1. The van der Waals surface area contributed by atoms with Crippen LogP contribution in [-0.4, -0.2) is 4.98 Å². The highest BCUT2D eigenvalue weighted by molar-refractivity contribution is 6.30. The van der Waals surface area contributed by atoms with Crippen molar-refractivity contribution in [2.75, 3.05) is 0 Å². The minimum Gasteiger partial charge on any atom is -0.321 e. The zero-order valence-corrected chi connectivity index (χ0v) is 10.9. The highest BCUT2D eigenvalue weighted by atomic mass is 35.5. The van der Waals surface area contributed by atoms with E-state index in [9.17, 15) is 4.79 Å². The van der Waals surface area contributed by atoms with Crippen molar-refractivity contribution in [1.82, 2.24) is 4.98 Å². The molecule has 3 nitrogen and oxygen atoms in total. The molecule has 0 amide bonds. The lowest BCUT2D eigenvalue weighted by Crippen LogP contribution is -2.15. The summed E-state index contributed by atoms with van der Waals surface area (Å²) in [4.78, 5) is 14.8. The molecule has 1 aromatic heterocycles. The zero-order chi connectivity index (χ0) is 13.4. The molecule has 1 aliphatic carbocycles. The highest BCUT2D eigenvalue weighted by Crippen LogP contribution is 2.32. The van der Waals surface area contributed by atoms with E-state index in [-0.39, 0.29) is 11.1 Å². The van der Waals surface area contributed by atoms with E-state index in [1.807, 2.05) is 24.3 Å². The van der Waals surface area contributed by atoms with Crippen LogP contribution in [0.4, 0.5) is 0 Å². The maximum Gasteiger partial charge on any atom is 0.266 e. The lowest BCUT2D eigenvalue weighted by Gasteiger charge is -2.10. The van der Waals surface area contributed by atoms with Gasteiger partial charge in [-0.25, -0.2) is 0 Å². The number of hydrogen-bond acceptors (Lipinski definition) is 2. The van der Waals surface area contributed by atoms with Crippen LogP contribution in [0.1, 0.15) is 23.1 Å². The summed E-state index contributed by atoms with van der Waals surface area (Å²) in [5.74, 6) is 0. The van der Waals surface area contributed by atoms with E-state index >= 15 is 0 Å². The van der Waals surface area contributed by atoms with Crippen LogP contribution in [0.15, 0.2) is 29.1 Å². The lowest BCUT2D eigenvalue weighted by molar-refractivity contribution is 0.911. The van der Waals surface area contributed by atoms with Gasteiger partial charge in [0, 0.05) is 5.02 Å². The molecule has 0 spiro atoms. The number of nitrogens with zero attached hydrogens (tertiary/aromatic N) is 1. The van der Waals surface area contributed by atoms with Gasteiger partial charge >= 0.3 is 0 Å². The number of aromatic nitrogens is 1. The van der Waals surface area contributed by atoms with Gasteiger partial charge in [-0.05, 0) is 48.1 Å². The highest BCUT2D eigenvalue weighted by Gasteiger charge is 2.22. The molecule has 94 valence electrons. The second-order valence-electron chi connectivity index (χ2n) is 4.64. The van der Waals surface area contributed by atoms with Crippen molar-refractivity contribution in [3.05, 3.63) is 56.3 Å². The molecule has 1 aromatic carbocycles. The number of hydrogen-bond donors (Lipinski definition) is 1. The summed E-state index contributed by atoms with van der Waals surface area (Å²) in [6, 6.07) is 9.42. The van der Waals surface area contributed by atoms with E-state index in [4.69, 9.17) is 16.9 Å². The summed E-state index contributed by atoms with van der Waals surface area (Å²) < 4.78 is 0. The van der Waals surface area contributed by atoms with Gasteiger partial charge in [0.05, 0.1) is 5.69 Å². The van der Waals surface area contributed by atoms with Crippen molar-refractivity contribution in [2.45, 2.75) is 19.3 Å². The molecule has 0 fully saturated rings. The monoisotopic (exact) mass is 270 g/mol. The van der Waals surface area contributed by atoms with E-state index in [2.05, 4.69) is 4.98 Å². The number of fused-ring (bicyclic) bond motifs is 1. The van der Waals surface area contributed by atoms with Gasteiger partial charge < -0.3 is 4.98 Å². The predicted molar refractivity (Wildman–Crippen MR) is 74.2 cm³/mol. The largest absolute Gasteiger partial charge is 0.321 e. The number of pyridine rings is 1. The van der Waals surface area contributed by atoms with Crippen LogP contribution < -0.4 is 5.56 Å². The minimum atomic E-state index is -0.307. The molecule has 0 bridgehead atoms. The quantitative estimate of drug-likeness (QED) is 0.866.